The van der Waals surface area contributed by atoms with Gasteiger partial charge < -0.3 is 17.2 Å². The van der Waals surface area contributed by atoms with Gasteiger partial charge in [-0.05, 0) is 47.9 Å². The van der Waals surface area contributed by atoms with Gasteiger partial charge in [-0.3, -0.25) is 9.59 Å². The molecular formula is C24H29N5O4S. The van der Waals surface area contributed by atoms with E-state index < -0.39 is 26.6 Å². The van der Waals surface area contributed by atoms with E-state index in [9.17, 15) is 18.0 Å². The summed E-state index contributed by atoms with van der Waals surface area (Å²) in [5, 5.41) is 4.34. The number of nitrogens with two attached hydrogens (primary N) is 3. The van der Waals surface area contributed by atoms with E-state index in [1.165, 1.54) is 6.20 Å². The van der Waals surface area contributed by atoms with Crippen LogP contribution in [0.2, 0.25) is 0 Å². The van der Waals surface area contributed by atoms with E-state index in [0.717, 1.165) is 35.8 Å². The first-order valence-corrected chi connectivity index (χ1v) is 12.9. The molecule has 2 heterocycles. The van der Waals surface area contributed by atoms with E-state index in [0.29, 0.717) is 18.4 Å². The first-order chi connectivity index (χ1) is 15.8. The summed E-state index contributed by atoms with van der Waals surface area (Å²) in [6, 6.07) is 6.55. The molecule has 180 valence electrons. The van der Waals surface area contributed by atoms with Crippen LogP contribution < -0.4 is 17.2 Å². The molecule has 1 aliphatic carbocycles. The highest BCUT2D eigenvalue weighted by Gasteiger charge is 2.52. The normalized spacial score (nSPS) is 22.8. The molecule has 1 unspecified atom stereocenters. The molecule has 1 aliphatic rings. The van der Waals surface area contributed by atoms with Gasteiger partial charge in [-0.1, -0.05) is 32.4 Å². The summed E-state index contributed by atoms with van der Waals surface area (Å²) in [6.45, 7) is 3.95. The van der Waals surface area contributed by atoms with E-state index in [4.69, 9.17) is 17.2 Å². The zero-order valence-corrected chi connectivity index (χ0v) is 20.3. The Morgan fingerprint density at radius 1 is 1.12 bits per heavy atom. The number of rotatable bonds is 6. The highest BCUT2D eigenvalue weighted by Crippen LogP contribution is 2.55. The van der Waals surface area contributed by atoms with Crippen molar-refractivity contribution in [3.8, 4) is 11.1 Å². The summed E-state index contributed by atoms with van der Waals surface area (Å²) in [5.74, 6) is -1.04. The summed E-state index contributed by atoms with van der Waals surface area (Å²) >= 11 is 0. The Morgan fingerprint density at radius 3 is 2.32 bits per heavy atom. The minimum atomic E-state index is -3.35. The molecule has 10 heteroatoms. The summed E-state index contributed by atoms with van der Waals surface area (Å²) < 4.78 is 25.4. The van der Waals surface area contributed by atoms with Gasteiger partial charge in [0.25, 0.3) is 5.91 Å². The molecule has 6 N–H and O–H groups in total. The first-order valence-electron chi connectivity index (χ1n) is 11.0. The number of anilines is 1. The average Bonchev–Trinajstić information content (AvgIpc) is 3.26. The van der Waals surface area contributed by atoms with Gasteiger partial charge >= 0.3 is 0 Å². The lowest BCUT2D eigenvalue weighted by Crippen LogP contribution is -2.45. The Hall–Kier alpha value is -3.40. The fourth-order valence-corrected chi connectivity index (χ4v) is 5.86. The second kappa shape index (κ2) is 7.83. The molecule has 0 aliphatic heterocycles. The smallest absolute Gasteiger partial charge is 0.252 e. The third-order valence-electron chi connectivity index (χ3n) is 7.66. The predicted molar refractivity (Wildman–Crippen MR) is 130 cm³/mol. The Labute approximate surface area is 198 Å². The van der Waals surface area contributed by atoms with Gasteiger partial charge in [-0.2, -0.15) is 5.10 Å². The number of aromatic nitrogens is 2. The molecule has 0 bridgehead atoms. The van der Waals surface area contributed by atoms with Crippen LogP contribution in [-0.2, 0) is 21.1 Å². The quantitative estimate of drug-likeness (QED) is 0.487. The van der Waals surface area contributed by atoms with Gasteiger partial charge in [0.1, 0.15) is 0 Å². The fraction of sp³-hybridized carbons (Fsp3) is 0.375. The van der Waals surface area contributed by atoms with Gasteiger partial charge in [0, 0.05) is 18.0 Å². The number of nitrogen functional groups attached to an aromatic ring is 1. The van der Waals surface area contributed by atoms with E-state index >= 15 is 0 Å². The number of hydrogen-bond acceptors (Lipinski definition) is 6. The molecule has 34 heavy (non-hydrogen) atoms. The third kappa shape index (κ3) is 3.62. The first kappa shape index (κ1) is 23.7. The zero-order chi connectivity index (χ0) is 25.1. The number of amides is 2. The number of fused-ring (bicyclic) bond motifs is 1. The molecule has 1 fully saturated rings. The van der Waals surface area contributed by atoms with E-state index in [1.807, 2.05) is 13.8 Å². The van der Waals surface area contributed by atoms with Crippen molar-refractivity contribution in [3.05, 3.63) is 47.8 Å². The maximum Gasteiger partial charge on any atom is 0.252 e. The highest BCUT2D eigenvalue weighted by atomic mass is 32.2. The number of sulfone groups is 1. The molecule has 2 amide bonds. The van der Waals surface area contributed by atoms with Gasteiger partial charge in [-0.25, -0.2) is 12.9 Å². The lowest BCUT2D eigenvalue weighted by molar-refractivity contribution is -0.132. The van der Waals surface area contributed by atoms with Crippen LogP contribution in [-0.4, -0.2) is 36.1 Å². The predicted octanol–water partition coefficient (Wildman–Crippen LogP) is 2.31. The summed E-state index contributed by atoms with van der Waals surface area (Å²) in [5.41, 5.74) is 19.8. The van der Waals surface area contributed by atoms with Crippen molar-refractivity contribution in [2.24, 2.45) is 22.3 Å². The molecule has 0 saturated heterocycles. The van der Waals surface area contributed by atoms with E-state index in [-0.39, 0.29) is 22.1 Å². The number of carbonyl (C=O) groups is 2. The van der Waals surface area contributed by atoms with Crippen LogP contribution in [0.15, 0.2) is 41.6 Å². The second-order valence-corrected chi connectivity index (χ2v) is 11.8. The number of benzene rings is 1. The highest BCUT2D eigenvalue weighted by molar-refractivity contribution is 7.90. The van der Waals surface area contributed by atoms with Crippen molar-refractivity contribution < 1.29 is 18.0 Å². The second-order valence-electron chi connectivity index (χ2n) is 9.73. The molecule has 2 aromatic heterocycles. The third-order valence-corrected chi connectivity index (χ3v) is 8.78. The average molecular weight is 484 g/mol. The molecule has 4 rings (SSSR count). The topological polar surface area (TPSA) is 164 Å². The van der Waals surface area contributed by atoms with Crippen molar-refractivity contribution in [1.29, 1.82) is 0 Å². The van der Waals surface area contributed by atoms with Crippen molar-refractivity contribution in [2.45, 2.75) is 44.4 Å². The maximum atomic E-state index is 12.5. The largest absolute Gasteiger partial charge is 0.396 e. The summed E-state index contributed by atoms with van der Waals surface area (Å²) in [4.78, 5) is 24.7. The molecule has 9 nitrogen and oxygen atoms in total. The van der Waals surface area contributed by atoms with Gasteiger partial charge in [0.2, 0.25) is 5.91 Å². The van der Waals surface area contributed by atoms with Crippen LogP contribution in [0.3, 0.4) is 0 Å². The molecule has 1 aromatic carbocycles. The molecule has 1 saturated carbocycles. The van der Waals surface area contributed by atoms with E-state index in [2.05, 4.69) is 5.10 Å². The molecule has 0 radical (unpaired) electrons. The number of hydrogen-bond donors (Lipinski definition) is 3. The number of nitrogens with zero attached hydrogens (tertiary/aromatic N) is 2. The van der Waals surface area contributed by atoms with Gasteiger partial charge in [0.05, 0.1) is 33.3 Å². The monoisotopic (exact) mass is 483 g/mol. The lowest BCUT2D eigenvalue weighted by Gasteiger charge is -2.39. The van der Waals surface area contributed by atoms with Crippen molar-refractivity contribution >= 4 is 32.9 Å². The minimum absolute atomic E-state index is 0.111. The zero-order valence-electron chi connectivity index (χ0n) is 19.5. The number of carbonyl (C=O) groups excluding carboxylic acids is 2. The van der Waals surface area contributed by atoms with Gasteiger partial charge in [0.15, 0.2) is 9.84 Å². The summed E-state index contributed by atoms with van der Waals surface area (Å²) in [6.07, 6.45) is 7.07. The maximum absolute atomic E-state index is 12.5. The van der Waals surface area contributed by atoms with E-state index in [1.54, 1.807) is 35.0 Å². The standard InChI is InChI=1S/C24H29N5O4S/c1-23(9-4-10-24(23,2)22(27)31)11-16-18(14-5-7-15(8-6-14)34(3,32)33)13-29-20(16)19(25)17(12-28-29)21(26)30/h5-8,12-13H,4,9-11,25H2,1-3H3,(H2,26,30)(H2,27,31)/t23?,24-/m1/s1. The Morgan fingerprint density at radius 2 is 1.76 bits per heavy atom. The van der Waals surface area contributed by atoms with Crippen LogP contribution >= 0.6 is 0 Å². The van der Waals surface area contributed by atoms with Crippen molar-refractivity contribution in [1.82, 2.24) is 9.61 Å². The van der Waals surface area contributed by atoms with Crippen LogP contribution in [0.5, 0.6) is 0 Å². The van der Waals surface area contributed by atoms with Crippen molar-refractivity contribution in [2.75, 3.05) is 12.0 Å². The minimum Gasteiger partial charge on any atom is -0.396 e. The van der Waals surface area contributed by atoms with Crippen molar-refractivity contribution in [3.63, 3.8) is 0 Å². The summed E-state index contributed by atoms with van der Waals surface area (Å²) in [7, 11) is -3.35. The van der Waals surface area contributed by atoms with Gasteiger partial charge in [-0.15, -0.1) is 0 Å². The number of primary amides is 2. The van der Waals surface area contributed by atoms with Crippen LogP contribution in [0.4, 0.5) is 5.69 Å². The van der Waals surface area contributed by atoms with Crippen LogP contribution in [0.25, 0.3) is 16.6 Å². The molecule has 2 atom stereocenters. The Balaban J connectivity index is 1.97. The Bertz CT molecular complexity index is 1430. The lowest BCUT2D eigenvalue weighted by atomic mass is 9.64. The fourth-order valence-electron chi connectivity index (χ4n) is 5.23. The molecule has 0 spiro atoms. The molecular weight excluding hydrogens is 454 g/mol. The van der Waals surface area contributed by atoms with Crippen LogP contribution in [0, 0.1) is 10.8 Å². The SMILES string of the molecule is CC1(Cc2c(-c3ccc(S(C)(=O)=O)cc3)cn3ncc(C(N)=O)c(N)c23)CCC[C@]1(C)C(N)=O. The Kier molecular flexibility index (Phi) is 5.47. The molecule has 3 aromatic rings. The van der Waals surface area contributed by atoms with Crippen LogP contribution in [0.1, 0.15) is 49.0 Å².